The van der Waals surface area contributed by atoms with Crippen LogP contribution < -0.4 is 0 Å². The van der Waals surface area contributed by atoms with Gasteiger partial charge in [-0.05, 0) is 30.5 Å². The molecule has 0 aliphatic heterocycles. The molecule has 0 aliphatic carbocycles. The number of allylic oxidation sites excluding steroid dienone is 5. The molecule has 86 valence electrons. The summed E-state index contributed by atoms with van der Waals surface area (Å²) < 4.78 is 0. The number of hydrogen-bond acceptors (Lipinski definition) is 0. The molecule has 0 atom stereocenters. The topological polar surface area (TPSA) is 0 Å². The van der Waals surface area contributed by atoms with Gasteiger partial charge in [0, 0.05) is 0 Å². The van der Waals surface area contributed by atoms with Crippen LogP contribution in [-0.2, 0) is 0 Å². The largest absolute Gasteiger partial charge is 0.0912 e. The standard InChI is InChI=1S/C14H16.C2H6/c1-4-5-6-9-12(2)14-11-8-7-10-13(14)3;1-2/h4-11H,2H2,1,3H3;1-2H3/b5-4-,9-6-;. The van der Waals surface area contributed by atoms with Crippen LogP contribution in [0.3, 0.4) is 0 Å². The molecule has 1 aromatic carbocycles. The number of hydrogen-bond donors (Lipinski definition) is 0. The molecule has 0 amide bonds. The Bertz CT molecular complexity index is 367. The normalized spacial score (nSPS) is 10.2. The Morgan fingerprint density at radius 2 is 1.75 bits per heavy atom. The lowest BCUT2D eigenvalue weighted by Crippen LogP contribution is -1.83. The monoisotopic (exact) mass is 214 g/mol. The second-order valence-corrected chi connectivity index (χ2v) is 3.23. The zero-order valence-corrected chi connectivity index (χ0v) is 10.8. The van der Waals surface area contributed by atoms with Crippen molar-refractivity contribution in [2.45, 2.75) is 27.7 Å². The first kappa shape index (κ1) is 14.4. The highest BCUT2D eigenvalue weighted by Crippen LogP contribution is 2.17. The van der Waals surface area contributed by atoms with Gasteiger partial charge in [0.05, 0.1) is 0 Å². The average Bonchev–Trinajstić information content (AvgIpc) is 2.32. The van der Waals surface area contributed by atoms with E-state index in [1.165, 1.54) is 11.1 Å². The summed E-state index contributed by atoms with van der Waals surface area (Å²) in [5, 5.41) is 0. The fraction of sp³-hybridized carbons (Fsp3) is 0.250. The van der Waals surface area contributed by atoms with Gasteiger partial charge in [0.2, 0.25) is 0 Å². The molecular formula is C16H22. The van der Waals surface area contributed by atoms with Crippen LogP contribution in [0.25, 0.3) is 5.57 Å². The third-order valence-electron chi connectivity index (χ3n) is 2.09. The van der Waals surface area contributed by atoms with Gasteiger partial charge in [-0.2, -0.15) is 0 Å². The lowest BCUT2D eigenvalue weighted by molar-refractivity contribution is 1.43. The van der Waals surface area contributed by atoms with Crippen molar-refractivity contribution in [2.24, 2.45) is 0 Å². The second kappa shape index (κ2) is 8.72. The zero-order chi connectivity index (χ0) is 12.4. The first-order valence-electron chi connectivity index (χ1n) is 5.80. The first-order chi connectivity index (χ1) is 7.75. The van der Waals surface area contributed by atoms with E-state index in [0.29, 0.717) is 0 Å². The highest BCUT2D eigenvalue weighted by molar-refractivity contribution is 5.74. The summed E-state index contributed by atoms with van der Waals surface area (Å²) in [6, 6.07) is 8.28. The Balaban J connectivity index is 0.00000106. The van der Waals surface area contributed by atoms with Gasteiger partial charge in [-0.15, -0.1) is 0 Å². The van der Waals surface area contributed by atoms with E-state index in [1.54, 1.807) is 0 Å². The molecular weight excluding hydrogens is 192 g/mol. The van der Waals surface area contributed by atoms with Crippen molar-refractivity contribution in [2.75, 3.05) is 0 Å². The highest BCUT2D eigenvalue weighted by Gasteiger charge is 1.96. The van der Waals surface area contributed by atoms with Crippen molar-refractivity contribution < 1.29 is 0 Å². The van der Waals surface area contributed by atoms with Crippen LogP contribution in [0.1, 0.15) is 31.9 Å². The van der Waals surface area contributed by atoms with Crippen molar-refractivity contribution in [1.82, 2.24) is 0 Å². The lowest BCUT2D eigenvalue weighted by atomic mass is 10.0. The maximum atomic E-state index is 4.04. The molecule has 0 spiro atoms. The summed E-state index contributed by atoms with van der Waals surface area (Å²) in [5.41, 5.74) is 3.54. The van der Waals surface area contributed by atoms with E-state index in [1.807, 2.05) is 57.2 Å². The van der Waals surface area contributed by atoms with E-state index in [0.717, 1.165) is 5.57 Å². The predicted octanol–water partition coefficient (Wildman–Crippen LogP) is 5.17. The van der Waals surface area contributed by atoms with Crippen LogP contribution in [0.4, 0.5) is 0 Å². The Labute approximate surface area is 100 Å². The van der Waals surface area contributed by atoms with Gasteiger partial charge >= 0.3 is 0 Å². The summed E-state index contributed by atoms with van der Waals surface area (Å²) in [5.74, 6) is 0. The van der Waals surface area contributed by atoms with E-state index in [4.69, 9.17) is 0 Å². The minimum atomic E-state index is 1.06. The Morgan fingerprint density at radius 1 is 1.12 bits per heavy atom. The van der Waals surface area contributed by atoms with E-state index in [9.17, 15) is 0 Å². The summed E-state index contributed by atoms with van der Waals surface area (Å²) in [7, 11) is 0. The molecule has 0 unspecified atom stereocenters. The fourth-order valence-electron chi connectivity index (χ4n) is 1.31. The fourth-order valence-corrected chi connectivity index (χ4v) is 1.31. The maximum absolute atomic E-state index is 4.04. The maximum Gasteiger partial charge on any atom is -0.0161 e. The number of rotatable bonds is 3. The van der Waals surface area contributed by atoms with Gasteiger partial charge in [-0.25, -0.2) is 0 Å². The molecule has 0 radical (unpaired) electrons. The predicted molar refractivity (Wildman–Crippen MR) is 75.5 cm³/mol. The van der Waals surface area contributed by atoms with Crippen molar-refractivity contribution in [1.29, 1.82) is 0 Å². The van der Waals surface area contributed by atoms with Crippen molar-refractivity contribution in [3.63, 3.8) is 0 Å². The quantitative estimate of drug-likeness (QED) is 0.609. The van der Waals surface area contributed by atoms with Crippen LogP contribution in [-0.4, -0.2) is 0 Å². The van der Waals surface area contributed by atoms with Gasteiger partial charge in [0.25, 0.3) is 0 Å². The van der Waals surface area contributed by atoms with Crippen LogP contribution in [0.5, 0.6) is 0 Å². The zero-order valence-electron chi connectivity index (χ0n) is 10.8. The van der Waals surface area contributed by atoms with Crippen molar-refractivity contribution in [3.8, 4) is 0 Å². The summed E-state index contributed by atoms with van der Waals surface area (Å²) in [4.78, 5) is 0. The molecule has 0 heteroatoms. The molecule has 0 aliphatic rings. The molecule has 1 rings (SSSR count). The third kappa shape index (κ3) is 4.79. The highest BCUT2D eigenvalue weighted by atomic mass is 14.0. The number of benzene rings is 1. The van der Waals surface area contributed by atoms with E-state index in [2.05, 4.69) is 25.6 Å². The molecule has 0 saturated carbocycles. The van der Waals surface area contributed by atoms with Gasteiger partial charge < -0.3 is 0 Å². The van der Waals surface area contributed by atoms with Crippen LogP contribution in [0, 0.1) is 6.92 Å². The molecule has 0 heterocycles. The smallest absolute Gasteiger partial charge is 0.0161 e. The van der Waals surface area contributed by atoms with Crippen molar-refractivity contribution in [3.05, 3.63) is 66.3 Å². The summed E-state index contributed by atoms with van der Waals surface area (Å²) in [6.07, 6.45) is 8.04. The minimum Gasteiger partial charge on any atom is -0.0912 e. The molecule has 0 nitrogen and oxygen atoms in total. The van der Waals surface area contributed by atoms with Gasteiger partial charge in [0.15, 0.2) is 0 Å². The Morgan fingerprint density at radius 3 is 2.31 bits per heavy atom. The van der Waals surface area contributed by atoms with Crippen LogP contribution >= 0.6 is 0 Å². The second-order valence-electron chi connectivity index (χ2n) is 3.23. The Hall–Kier alpha value is -1.56. The molecule has 16 heavy (non-hydrogen) atoms. The average molecular weight is 214 g/mol. The molecule has 0 saturated heterocycles. The van der Waals surface area contributed by atoms with Gasteiger partial charge in [-0.3, -0.25) is 0 Å². The van der Waals surface area contributed by atoms with E-state index < -0.39 is 0 Å². The summed E-state index contributed by atoms with van der Waals surface area (Å²) >= 11 is 0. The van der Waals surface area contributed by atoms with Crippen LogP contribution in [0.15, 0.2) is 55.1 Å². The molecule has 1 aromatic rings. The first-order valence-corrected chi connectivity index (χ1v) is 5.80. The SMILES string of the molecule is C=C(/C=C\C=C/C)c1ccccc1C.CC. The van der Waals surface area contributed by atoms with Gasteiger partial charge in [-0.1, -0.05) is 69.0 Å². The minimum absolute atomic E-state index is 1.06. The van der Waals surface area contributed by atoms with Crippen molar-refractivity contribution >= 4 is 5.57 Å². The Kier molecular flexibility index (Phi) is 7.87. The molecule has 0 aromatic heterocycles. The number of aryl methyl sites for hydroxylation is 1. The van der Waals surface area contributed by atoms with Gasteiger partial charge in [0.1, 0.15) is 0 Å². The molecule has 0 bridgehead atoms. The van der Waals surface area contributed by atoms with E-state index in [-0.39, 0.29) is 0 Å². The molecule has 0 N–H and O–H groups in total. The summed E-state index contributed by atoms with van der Waals surface area (Å²) in [6.45, 7) is 12.1. The third-order valence-corrected chi connectivity index (χ3v) is 2.09. The lowest BCUT2D eigenvalue weighted by Gasteiger charge is -2.03. The molecule has 0 fully saturated rings. The van der Waals surface area contributed by atoms with E-state index >= 15 is 0 Å². The van der Waals surface area contributed by atoms with Crippen LogP contribution in [0.2, 0.25) is 0 Å².